The lowest BCUT2D eigenvalue weighted by Crippen LogP contribution is -2.16. The summed E-state index contributed by atoms with van der Waals surface area (Å²) in [5.41, 5.74) is 3.43. The van der Waals surface area contributed by atoms with Gasteiger partial charge in [0.05, 0.1) is 0 Å². The molecule has 0 nitrogen and oxygen atoms in total. The van der Waals surface area contributed by atoms with Gasteiger partial charge in [-0.3, -0.25) is 0 Å². The van der Waals surface area contributed by atoms with Crippen molar-refractivity contribution in [2.75, 3.05) is 0 Å². The predicted octanol–water partition coefficient (Wildman–Crippen LogP) is 6.39. The molecule has 0 saturated carbocycles. The molecular weight excluding hydrogens is 291 g/mol. The van der Waals surface area contributed by atoms with Crippen LogP contribution in [0.2, 0.25) is 0 Å². The fourth-order valence-corrected chi connectivity index (χ4v) is 4.80. The molecule has 22 heavy (non-hydrogen) atoms. The van der Waals surface area contributed by atoms with Gasteiger partial charge in [0.25, 0.3) is 0 Å². The van der Waals surface area contributed by atoms with Crippen LogP contribution in [-0.4, -0.2) is 0 Å². The number of fused-ring (bicyclic) bond motifs is 2. The van der Waals surface area contributed by atoms with Crippen molar-refractivity contribution in [3.05, 3.63) is 65.0 Å². The Kier molecular flexibility index (Phi) is 4.87. The van der Waals surface area contributed by atoms with Crippen LogP contribution in [0.5, 0.6) is 0 Å². The first-order chi connectivity index (χ1) is 10.8. The van der Waals surface area contributed by atoms with E-state index in [1.807, 2.05) is 17.8 Å². The van der Waals surface area contributed by atoms with Crippen LogP contribution in [-0.2, 0) is 5.75 Å². The largest absolute Gasteiger partial charge is 0.207 e. The molecule has 1 unspecified atom stereocenters. The Labute approximate surface area is 137 Å². The second-order valence-corrected chi connectivity index (χ2v) is 7.09. The zero-order chi connectivity index (χ0) is 15.5. The van der Waals surface area contributed by atoms with Gasteiger partial charge in [0.2, 0.25) is 0 Å². The fraction of sp³-hybridized carbons (Fsp3) is 0.400. The van der Waals surface area contributed by atoms with E-state index in [1.165, 1.54) is 16.0 Å². The molecule has 0 amide bonds. The lowest BCUT2D eigenvalue weighted by atomic mass is 9.76. The Morgan fingerprint density at radius 3 is 2.73 bits per heavy atom. The van der Waals surface area contributed by atoms with Crippen LogP contribution in [0.25, 0.3) is 0 Å². The van der Waals surface area contributed by atoms with Crippen LogP contribution in [0.3, 0.4) is 0 Å². The molecule has 1 heterocycles. The minimum absolute atomic E-state index is 0.0330. The highest BCUT2D eigenvalue weighted by Gasteiger charge is 2.31. The second kappa shape index (κ2) is 6.87. The van der Waals surface area contributed by atoms with Gasteiger partial charge in [-0.25, -0.2) is 4.39 Å². The molecule has 0 saturated heterocycles. The molecular formula is C20H23FS. The third-order valence-corrected chi connectivity index (χ3v) is 5.88. The molecule has 1 aliphatic rings. The summed E-state index contributed by atoms with van der Waals surface area (Å²) >= 11 is 1.84. The van der Waals surface area contributed by atoms with E-state index in [1.54, 1.807) is 6.07 Å². The second-order valence-electron chi connectivity index (χ2n) is 6.07. The Hall–Kier alpha value is -1.28. The molecule has 0 fully saturated rings. The molecule has 3 rings (SSSR count). The van der Waals surface area contributed by atoms with E-state index in [4.69, 9.17) is 0 Å². The molecule has 2 heteroatoms. The Morgan fingerprint density at radius 2 is 1.95 bits per heavy atom. The normalized spacial score (nSPS) is 18.2. The highest BCUT2D eigenvalue weighted by Crippen LogP contribution is 2.46. The third kappa shape index (κ3) is 2.81. The highest BCUT2D eigenvalue weighted by molar-refractivity contribution is 7.98. The average Bonchev–Trinajstić information content (AvgIpc) is 2.71. The summed E-state index contributed by atoms with van der Waals surface area (Å²) in [5, 5.41) is 0. The van der Waals surface area contributed by atoms with Crippen LogP contribution in [0.4, 0.5) is 4.39 Å². The van der Waals surface area contributed by atoms with Gasteiger partial charge in [0, 0.05) is 16.6 Å². The minimum atomic E-state index is -0.0330. The number of hydrogen-bond acceptors (Lipinski definition) is 1. The summed E-state index contributed by atoms with van der Waals surface area (Å²) in [6.07, 6.45) is 3.38. The molecule has 0 aromatic heterocycles. The quantitative estimate of drug-likeness (QED) is 0.630. The SMILES string of the molecule is CCCC(CC)[C@@H]1c2ccccc2SCc2cccc(F)c21. The number of hydrogen-bond donors (Lipinski definition) is 0. The van der Waals surface area contributed by atoms with Crippen molar-refractivity contribution in [1.82, 2.24) is 0 Å². The lowest BCUT2D eigenvalue weighted by Gasteiger charge is -2.28. The first-order valence-corrected chi connectivity index (χ1v) is 9.23. The van der Waals surface area contributed by atoms with Crippen molar-refractivity contribution in [2.45, 2.75) is 49.7 Å². The molecule has 0 radical (unpaired) electrons. The first kappa shape index (κ1) is 15.6. The Bertz CT molecular complexity index is 650. The van der Waals surface area contributed by atoms with Crippen LogP contribution in [0.15, 0.2) is 47.4 Å². The van der Waals surface area contributed by atoms with Crippen LogP contribution < -0.4 is 0 Å². The lowest BCUT2D eigenvalue weighted by molar-refractivity contribution is 0.402. The number of benzene rings is 2. The fourth-order valence-electron chi connectivity index (χ4n) is 3.70. The van der Waals surface area contributed by atoms with E-state index in [0.29, 0.717) is 5.92 Å². The van der Waals surface area contributed by atoms with Gasteiger partial charge in [0.15, 0.2) is 0 Å². The smallest absolute Gasteiger partial charge is 0.127 e. The summed E-state index contributed by atoms with van der Waals surface area (Å²) < 4.78 is 14.7. The van der Waals surface area contributed by atoms with Crippen molar-refractivity contribution in [3.63, 3.8) is 0 Å². The number of thioether (sulfide) groups is 1. The molecule has 116 valence electrons. The Balaban J connectivity index is 2.20. The monoisotopic (exact) mass is 314 g/mol. The van der Waals surface area contributed by atoms with Gasteiger partial charge in [0.1, 0.15) is 5.82 Å². The molecule has 0 spiro atoms. The van der Waals surface area contributed by atoms with Crippen molar-refractivity contribution in [3.8, 4) is 0 Å². The zero-order valence-corrected chi connectivity index (χ0v) is 14.1. The van der Waals surface area contributed by atoms with Gasteiger partial charge in [-0.05, 0) is 41.2 Å². The summed E-state index contributed by atoms with van der Waals surface area (Å²) in [7, 11) is 0. The van der Waals surface area contributed by atoms with Crippen molar-refractivity contribution in [2.24, 2.45) is 5.92 Å². The summed E-state index contributed by atoms with van der Waals surface area (Å²) in [6.45, 7) is 4.46. The molecule has 0 bridgehead atoms. The molecule has 0 aliphatic carbocycles. The maximum absolute atomic E-state index is 14.7. The van der Waals surface area contributed by atoms with E-state index in [0.717, 1.165) is 30.6 Å². The van der Waals surface area contributed by atoms with Gasteiger partial charge in [-0.1, -0.05) is 57.0 Å². The first-order valence-electron chi connectivity index (χ1n) is 8.25. The van der Waals surface area contributed by atoms with E-state index in [-0.39, 0.29) is 11.7 Å². The van der Waals surface area contributed by atoms with Crippen molar-refractivity contribution < 1.29 is 4.39 Å². The van der Waals surface area contributed by atoms with Gasteiger partial charge in [-0.15, -0.1) is 11.8 Å². The maximum Gasteiger partial charge on any atom is 0.127 e. The van der Waals surface area contributed by atoms with Gasteiger partial charge in [-0.2, -0.15) is 0 Å². The average molecular weight is 314 g/mol. The summed E-state index contributed by atoms with van der Waals surface area (Å²) in [5.74, 6) is 1.52. The number of halogens is 1. The predicted molar refractivity (Wildman–Crippen MR) is 92.9 cm³/mol. The maximum atomic E-state index is 14.7. The van der Waals surface area contributed by atoms with Crippen LogP contribution in [0, 0.1) is 11.7 Å². The van der Waals surface area contributed by atoms with Crippen LogP contribution in [0.1, 0.15) is 55.7 Å². The van der Waals surface area contributed by atoms with Gasteiger partial charge < -0.3 is 0 Å². The zero-order valence-electron chi connectivity index (χ0n) is 13.3. The topological polar surface area (TPSA) is 0 Å². The molecule has 2 aromatic carbocycles. The van der Waals surface area contributed by atoms with Crippen molar-refractivity contribution >= 4 is 11.8 Å². The molecule has 1 aliphatic heterocycles. The molecule has 2 aromatic rings. The van der Waals surface area contributed by atoms with E-state index in [9.17, 15) is 4.39 Å². The Morgan fingerprint density at radius 1 is 1.14 bits per heavy atom. The summed E-state index contributed by atoms with van der Waals surface area (Å²) in [6, 6.07) is 14.2. The summed E-state index contributed by atoms with van der Waals surface area (Å²) in [4.78, 5) is 1.32. The van der Waals surface area contributed by atoms with E-state index >= 15 is 0 Å². The standard InChI is InChI=1S/C20H23FS/c1-3-8-14(4-2)19-16-10-5-6-12-18(16)22-13-15-9-7-11-17(21)20(15)19/h5-7,9-12,14,19H,3-4,8,13H2,1-2H3/t14?,19-/m1/s1. The molecule has 0 N–H and O–H groups in total. The highest BCUT2D eigenvalue weighted by atomic mass is 32.2. The minimum Gasteiger partial charge on any atom is -0.207 e. The molecule has 2 atom stereocenters. The third-order valence-electron chi connectivity index (χ3n) is 4.75. The van der Waals surface area contributed by atoms with Gasteiger partial charge >= 0.3 is 0 Å². The van der Waals surface area contributed by atoms with E-state index in [2.05, 4.69) is 44.2 Å². The van der Waals surface area contributed by atoms with E-state index < -0.39 is 0 Å². The van der Waals surface area contributed by atoms with Crippen molar-refractivity contribution in [1.29, 1.82) is 0 Å². The number of rotatable bonds is 4. The van der Waals surface area contributed by atoms with Crippen LogP contribution >= 0.6 is 11.8 Å².